The molecular formula is C26H33N7O2. The number of aromatic nitrogens is 3. The first-order chi connectivity index (χ1) is 17.1. The fourth-order valence-corrected chi connectivity index (χ4v) is 4.74. The Morgan fingerprint density at radius 3 is 2.89 bits per heavy atom. The molecule has 9 nitrogen and oxygen atoms in total. The minimum absolute atomic E-state index is 0.0536. The molecule has 0 radical (unpaired) electrons. The zero-order valence-electron chi connectivity index (χ0n) is 20.4. The molecule has 0 saturated carbocycles. The summed E-state index contributed by atoms with van der Waals surface area (Å²) in [5.74, 6) is 1.56. The predicted octanol–water partition coefficient (Wildman–Crippen LogP) is 2.75. The SMILES string of the molecule is CN(C)CC=CC(=O)N1CC[C@@H](Nc2n[nH]c3nccc(O[C@H]4CCN(c5ccccc5)C4)c23)C1. The highest BCUT2D eigenvalue weighted by molar-refractivity contribution is 5.93. The molecule has 4 heterocycles. The van der Waals surface area contributed by atoms with Crippen LogP contribution in [0.3, 0.4) is 0 Å². The molecule has 2 fully saturated rings. The maximum atomic E-state index is 12.5. The molecule has 2 aliphatic rings. The van der Waals surface area contributed by atoms with E-state index < -0.39 is 0 Å². The van der Waals surface area contributed by atoms with E-state index in [1.807, 2.05) is 42.1 Å². The van der Waals surface area contributed by atoms with Gasteiger partial charge in [-0.15, -0.1) is 0 Å². The van der Waals surface area contributed by atoms with Crippen LogP contribution in [0.15, 0.2) is 54.7 Å². The van der Waals surface area contributed by atoms with Crippen molar-refractivity contribution >= 4 is 28.4 Å². The number of anilines is 2. The maximum Gasteiger partial charge on any atom is 0.246 e. The Balaban J connectivity index is 1.24. The van der Waals surface area contributed by atoms with Gasteiger partial charge in [0.15, 0.2) is 11.5 Å². The minimum Gasteiger partial charge on any atom is -0.488 e. The molecule has 2 aliphatic heterocycles. The number of pyridine rings is 1. The number of nitrogens with zero attached hydrogens (tertiary/aromatic N) is 5. The molecule has 0 aliphatic carbocycles. The molecule has 35 heavy (non-hydrogen) atoms. The van der Waals surface area contributed by atoms with E-state index in [1.54, 1.807) is 12.3 Å². The summed E-state index contributed by atoms with van der Waals surface area (Å²) in [5.41, 5.74) is 1.92. The first-order valence-electron chi connectivity index (χ1n) is 12.2. The van der Waals surface area contributed by atoms with E-state index in [-0.39, 0.29) is 18.1 Å². The van der Waals surface area contributed by atoms with E-state index in [0.29, 0.717) is 12.2 Å². The van der Waals surface area contributed by atoms with E-state index in [4.69, 9.17) is 4.74 Å². The van der Waals surface area contributed by atoms with E-state index in [2.05, 4.69) is 49.7 Å². The summed E-state index contributed by atoms with van der Waals surface area (Å²) < 4.78 is 6.47. The molecule has 0 spiro atoms. The Hall–Kier alpha value is -3.59. The number of nitrogens with one attached hydrogen (secondary N) is 2. The molecule has 2 N–H and O–H groups in total. The Kier molecular flexibility index (Phi) is 6.85. The Morgan fingerprint density at radius 1 is 1.20 bits per heavy atom. The second-order valence-electron chi connectivity index (χ2n) is 9.49. The van der Waals surface area contributed by atoms with Crippen molar-refractivity contribution in [3.05, 3.63) is 54.7 Å². The molecule has 3 aromatic rings. The molecule has 184 valence electrons. The normalized spacial score (nSPS) is 20.4. The third kappa shape index (κ3) is 5.40. The standard InChI is InChI=1S/C26H33N7O2/c1-31(2)14-6-9-23(34)33-15-11-19(17-33)28-26-24-22(10-13-27-25(24)29-30-26)35-21-12-16-32(18-21)20-7-4-3-5-8-20/h3-10,13,19,21H,11-12,14-18H2,1-2H3,(H2,27,28,29,30)/t19-,21+/m1/s1. The molecule has 0 unspecified atom stereocenters. The minimum atomic E-state index is 0.0536. The summed E-state index contributed by atoms with van der Waals surface area (Å²) in [6, 6.07) is 12.5. The Bertz CT molecular complexity index is 1180. The number of hydrogen-bond acceptors (Lipinski definition) is 7. The first kappa shape index (κ1) is 23.2. The average Bonchev–Trinajstić information content (AvgIpc) is 3.61. The lowest BCUT2D eigenvalue weighted by Crippen LogP contribution is -2.30. The number of ether oxygens (including phenoxy) is 1. The third-order valence-electron chi connectivity index (χ3n) is 6.55. The number of likely N-dealkylation sites (N-methyl/N-ethyl adjacent to an activating group) is 1. The number of likely N-dealkylation sites (tertiary alicyclic amines) is 1. The van der Waals surface area contributed by atoms with Crippen LogP contribution < -0.4 is 15.0 Å². The number of H-pyrrole nitrogens is 1. The number of hydrogen-bond donors (Lipinski definition) is 2. The lowest BCUT2D eigenvalue weighted by Gasteiger charge is -2.19. The van der Waals surface area contributed by atoms with Crippen LogP contribution in [0.2, 0.25) is 0 Å². The highest BCUT2D eigenvalue weighted by Crippen LogP contribution is 2.32. The van der Waals surface area contributed by atoms with Gasteiger partial charge in [0, 0.05) is 56.6 Å². The Labute approximate surface area is 205 Å². The van der Waals surface area contributed by atoms with Crippen molar-refractivity contribution in [3.63, 3.8) is 0 Å². The smallest absolute Gasteiger partial charge is 0.246 e. The van der Waals surface area contributed by atoms with E-state index in [0.717, 1.165) is 56.0 Å². The largest absolute Gasteiger partial charge is 0.488 e. The highest BCUT2D eigenvalue weighted by Gasteiger charge is 2.28. The van der Waals surface area contributed by atoms with Gasteiger partial charge in [-0.1, -0.05) is 24.3 Å². The van der Waals surface area contributed by atoms with Gasteiger partial charge in [0.1, 0.15) is 17.2 Å². The number of carbonyl (C=O) groups excluding carboxylic acids is 1. The van der Waals surface area contributed by atoms with Gasteiger partial charge in [-0.05, 0) is 38.7 Å². The fraction of sp³-hybridized carbons (Fsp3) is 0.423. The molecule has 2 aromatic heterocycles. The van der Waals surface area contributed by atoms with Crippen LogP contribution >= 0.6 is 0 Å². The second kappa shape index (κ2) is 10.4. The van der Waals surface area contributed by atoms with Crippen molar-refractivity contribution in [2.75, 3.05) is 57.0 Å². The number of carbonyl (C=O) groups is 1. The first-order valence-corrected chi connectivity index (χ1v) is 12.2. The lowest BCUT2D eigenvalue weighted by molar-refractivity contribution is -0.125. The number of para-hydroxylation sites is 1. The molecule has 2 atom stereocenters. The zero-order chi connectivity index (χ0) is 24.2. The molecule has 1 aromatic carbocycles. The van der Waals surface area contributed by atoms with Gasteiger partial charge in [-0.25, -0.2) is 4.98 Å². The van der Waals surface area contributed by atoms with E-state index >= 15 is 0 Å². The lowest BCUT2D eigenvalue weighted by atomic mass is 10.2. The van der Waals surface area contributed by atoms with Crippen molar-refractivity contribution in [1.29, 1.82) is 0 Å². The fourth-order valence-electron chi connectivity index (χ4n) is 4.74. The van der Waals surface area contributed by atoms with Crippen LogP contribution in [-0.2, 0) is 4.79 Å². The quantitative estimate of drug-likeness (QED) is 0.484. The summed E-state index contributed by atoms with van der Waals surface area (Å²) in [5, 5.41) is 11.9. The van der Waals surface area contributed by atoms with Gasteiger partial charge >= 0.3 is 0 Å². The van der Waals surface area contributed by atoms with Gasteiger partial charge in [-0.2, -0.15) is 5.10 Å². The highest BCUT2D eigenvalue weighted by atomic mass is 16.5. The molecule has 1 amide bonds. The van der Waals surface area contributed by atoms with Crippen molar-refractivity contribution < 1.29 is 9.53 Å². The molecular weight excluding hydrogens is 442 g/mol. The summed E-state index contributed by atoms with van der Waals surface area (Å²) >= 11 is 0. The number of fused-ring (bicyclic) bond motifs is 1. The predicted molar refractivity (Wildman–Crippen MR) is 138 cm³/mol. The van der Waals surface area contributed by atoms with Gasteiger partial charge in [-0.3, -0.25) is 9.89 Å². The summed E-state index contributed by atoms with van der Waals surface area (Å²) in [7, 11) is 3.97. The third-order valence-corrected chi connectivity index (χ3v) is 6.55. The second-order valence-corrected chi connectivity index (χ2v) is 9.49. The van der Waals surface area contributed by atoms with Crippen LogP contribution in [0.5, 0.6) is 5.75 Å². The Morgan fingerprint density at radius 2 is 2.06 bits per heavy atom. The van der Waals surface area contributed by atoms with E-state index in [1.165, 1.54) is 5.69 Å². The molecule has 5 rings (SSSR count). The van der Waals surface area contributed by atoms with Crippen LogP contribution in [0.25, 0.3) is 11.0 Å². The monoisotopic (exact) mass is 475 g/mol. The van der Waals surface area contributed by atoms with Gasteiger partial charge in [0.25, 0.3) is 0 Å². The number of benzene rings is 1. The van der Waals surface area contributed by atoms with Crippen LogP contribution in [0.4, 0.5) is 11.5 Å². The van der Waals surface area contributed by atoms with Crippen LogP contribution in [0, 0.1) is 0 Å². The van der Waals surface area contributed by atoms with Crippen molar-refractivity contribution in [2.24, 2.45) is 0 Å². The number of rotatable bonds is 8. The molecule has 9 heteroatoms. The van der Waals surface area contributed by atoms with Gasteiger partial charge < -0.3 is 24.8 Å². The van der Waals surface area contributed by atoms with Crippen molar-refractivity contribution in [1.82, 2.24) is 25.0 Å². The van der Waals surface area contributed by atoms with Gasteiger partial charge in [0.05, 0.1) is 6.54 Å². The zero-order valence-corrected chi connectivity index (χ0v) is 20.4. The number of aromatic amines is 1. The van der Waals surface area contributed by atoms with Crippen LogP contribution in [-0.4, -0.2) is 89.9 Å². The maximum absolute atomic E-state index is 12.5. The average molecular weight is 476 g/mol. The van der Waals surface area contributed by atoms with Crippen LogP contribution in [0.1, 0.15) is 12.8 Å². The number of amides is 1. The summed E-state index contributed by atoms with van der Waals surface area (Å²) in [6.07, 6.45) is 7.24. The molecule has 2 saturated heterocycles. The topological polar surface area (TPSA) is 89.6 Å². The summed E-state index contributed by atoms with van der Waals surface area (Å²) in [4.78, 5) is 23.2. The summed E-state index contributed by atoms with van der Waals surface area (Å²) in [6.45, 7) is 3.93. The van der Waals surface area contributed by atoms with E-state index in [9.17, 15) is 4.79 Å². The van der Waals surface area contributed by atoms with Crippen molar-refractivity contribution in [3.8, 4) is 5.75 Å². The molecule has 0 bridgehead atoms. The van der Waals surface area contributed by atoms with Crippen molar-refractivity contribution in [2.45, 2.75) is 25.0 Å². The van der Waals surface area contributed by atoms with Gasteiger partial charge in [0.2, 0.25) is 5.91 Å².